The fourth-order valence-electron chi connectivity index (χ4n) is 3.65. The molecule has 0 radical (unpaired) electrons. The highest BCUT2D eigenvalue weighted by Crippen LogP contribution is 2.43. The number of fused-ring (bicyclic) bond motifs is 2. The number of amides is 1. The lowest BCUT2D eigenvalue weighted by Crippen LogP contribution is -2.48. The molecule has 2 aromatic heterocycles. The van der Waals surface area contributed by atoms with Crippen LogP contribution in [-0.4, -0.2) is 35.7 Å². The molecule has 0 saturated carbocycles. The van der Waals surface area contributed by atoms with Crippen molar-refractivity contribution in [3.8, 4) is 0 Å². The van der Waals surface area contributed by atoms with Crippen molar-refractivity contribution in [3.63, 3.8) is 0 Å². The highest BCUT2D eigenvalue weighted by Gasteiger charge is 2.42. The number of thiophene rings is 1. The second-order valence-electron chi connectivity index (χ2n) is 6.34. The smallest absolute Gasteiger partial charge is 0.230 e. The third-order valence-electron chi connectivity index (χ3n) is 4.87. The van der Waals surface area contributed by atoms with E-state index in [1.54, 1.807) is 0 Å². The second-order valence-corrected chi connectivity index (χ2v) is 7.34. The first-order valence-corrected chi connectivity index (χ1v) is 8.95. The number of hydrogen-bond acceptors (Lipinski definition) is 5. The Morgan fingerprint density at radius 3 is 3.00 bits per heavy atom. The van der Waals surface area contributed by atoms with Crippen molar-refractivity contribution in [1.82, 2.24) is 10.1 Å². The first-order valence-electron chi connectivity index (χ1n) is 8.07. The van der Waals surface area contributed by atoms with E-state index in [0.717, 1.165) is 44.7 Å². The van der Waals surface area contributed by atoms with Crippen LogP contribution in [0.1, 0.15) is 34.7 Å². The van der Waals surface area contributed by atoms with Crippen LogP contribution in [0.2, 0.25) is 0 Å². The lowest BCUT2D eigenvalue weighted by Gasteiger charge is -2.44. The first kappa shape index (κ1) is 14.9. The number of carbonyl (C=O) groups excluding carboxylic acids is 1. The second kappa shape index (κ2) is 5.76. The summed E-state index contributed by atoms with van der Waals surface area (Å²) in [5.74, 6) is 0.749. The van der Waals surface area contributed by atoms with Gasteiger partial charge in [-0.15, -0.1) is 11.3 Å². The van der Waals surface area contributed by atoms with Gasteiger partial charge in [-0.3, -0.25) is 4.79 Å². The zero-order chi connectivity index (χ0) is 15.9. The number of rotatable bonds is 2. The monoisotopic (exact) mass is 332 g/mol. The van der Waals surface area contributed by atoms with Crippen molar-refractivity contribution in [2.45, 2.75) is 38.2 Å². The van der Waals surface area contributed by atoms with Crippen LogP contribution in [0.25, 0.3) is 0 Å². The van der Waals surface area contributed by atoms with Crippen molar-refractivity contribution in [1.29, 1.82) is 0 Å². The zero-order valence-electron chi connectivity index (χ0n) is 13.2. The van der Waals surface area contributed by atoms with Crippen molar-refractivity contribution in [2.75, 3.05) is 19.7 Å². The Morgan fingerprint density at radius 2 is 2.26 bits per heavy atom. The average molecular weight is 332 g/mol. The Labute approximate surface area is 139 Å². The highest BCUT2D eigenvalue weighted by molar-refractivity contribution is 7.10. The lowest BCUT2D eigenvalue weighted by atomic mass is 9.82. The molecule has 1 fully saturated rings. The van der Waals surface area contributed by atoms with Gasteiger partial charge in [0.15, 0.2) is 0 Å². The maximum atomic E-state index is 12.4. The van der Waals surface area contributed by atoms with Gasteiger partial charge in [-0.2, -0.15) is 0 Å². The molecule has 122 valence electrons. The molecular formula is C17H20N2O3S. The van der Waals surface area contributed by atoms with E-state index in [2.05, 4.69) is 16.6 Å². The predicted molar refractivity (Wildman–Crippen MR) is 86.4 cm³/mol. The maximum absolute atomic E-state index is 12.4. The molecule has 0 unspecified atom stereocenters. The van der Waals surface area contributed by atoms with Crippen molar-refractivity contribution >= 4 is 17.2 Å². The van der Waals surface area contributed by atoms with Crippen LogP contribution in [0.15, 0.2) is 22.0 Å². The number of aromatic nitrogens is 1. The van der Waals surface area contributed by atoms with Crippen molar-refractivity contribution in [2.24, 2.45) is 0 Å². The van der Waals surface area contributed by atoms with Crippen LogP contribution in [0.3, 0.4) is 0 Å². The van der Waals surface area contributed by atoms with E-state index < -0.39 is 0 Å². The number of aryl methyl sites for hydroxylation is 1. The molecule has 1 saturated heterocycles. The number of ether oxygens (including phenoxy) is 1. The maximum Gasteiger partial charge on any atom is 0.230 e. The summed E-state index contributed by atoms with van der Waals surface area (Å²) >= 11 is 1.82. The molecule has 4 heterocycles. The summed E-state index contributed by atoms with van der Waals surface area (Å²) in [6, 6.07) is 4.03. The van der Waals surface area contributed by atoms with Crippen molar-refractivity contribution in [3.05, 3.63) is 39.4 Å². The van der Waals surface area contributed by atoms with E-state index in [9.17, 15) is 4.79 Å². The third-order valence-corrected chi connectivity index (χ3v) is 5.85. The van der Waals surface area contributed by atoms with Gasteiger partial charge in [-0.1, -0.05) is 5.16 Å². The normalized spacial score (nSPS) is 19.8. The number of hydrogen-bond donors (Lipinski definition) is 0. The summed E-state index contributed by atoms with van der Waals surface area (Å²) in [7, 11) is 0. The molecule has 2 aromatic rings. The van der Waals surface area contributed by atoms with Crippen molar-refractivity contribution < 1.29 is 14.1 Å². The SMILES string of the molecule is Cc1cc(CC(=O)N2CCC3(CC2)OCCc2sccc23)on1. The fraction of sp³-hybridized carbons (Fsp3) is 0.529. The quantitative estimate of drug-likeness (QED) is 0.848. The summed E-state index contributed by atoms with van der Waals surface area (Å²) in [6.07, 6.45) is 3.05. The summed E-state index contributed by atoms with van der Waals surface area (Å²) < 4.78 is 11.3. The zero-order valence-corrected chi connectivity index (χ0v) is 14.0. The largest absolute Gasteiger partial charge is 0.370 e. The fourth-order valence-corrected chi connectivity index (χ4v) is 4.60. The van der Waals surface area contributed by atoms with E-state index in [4.69, 9.17) is 9.26 Å². The van der Waals surface area contributed by atoms with Gasteiger partial charge in [0.2, 0.25) is 5.91 Å². The minimum Gasteiger partial charge on any atom is -0.370 e. The third kappa shape index (κ3) is 2.70. The number of nitrogens with zero attached hydrogens (tertiary/aromatic N) is 2. The Kier molecular flexibility index (Phi) is 3.73. The molecule has 1 amide bonds. The summed E-state index contributed by atoms with van der Waals surface area (Å²) in [5.41, 5.74) is 1.99. The Morgan fingerprint density at radius 1 is 1.43 bits per heavy atom. The molecule has 5 nitrogen and oxygen atoms in total. The molecule has 0 atom stereocenters. The topological polar surface area (TPSA) is 55.6 Å². The molecule has 0 aromatic carbocycles. The van der Waals surface area contributed by atoms with Crippen LogP contribution in [0.4, 0.5) is 0 Å². The molecular weight excluding hydrogens is 312 g/mol. The average Bonchev–Trinajstić information content (AvgIpc) is 3.18. The van der Waals surface area contributed by atoms with E-state index >= 15 is 0 Å². The van der Waals surface area contributed by atoms with Crippen LogP contribution < -0.4 is 0 Å². The molecule has 6 heteroatoms. The molecule has 23 heavy (non-hydrogen) atoms. The number of piperidine rings is 1. The summed E-state index contributed by atoms with van der Waals surface area (Å²) in [6.45, 7) is 4.13. The van der Waals surface area contributed by atoms with Crippen LogP contribution in [-0.2, 0) is 28.0 Å². The lowest BCUT2D eigenvalue weighted by molar-refractivity contribution is -0.140. The van der Waals surface area contributed by atoms with Gasteiger partial charge < -0.3 is 14.2 Å². The molecule has 0 aliphatic carbocycles. The molecule has 0 bridgehead atoms. The standard InChI is InChI=1S/C17H20N2O3S/c1-12-10-13(22-18-12)11-16(20)19-6-4-17(5-7-19)14-3-9-23-15(14)2-8-21-17/h3,9-10H,2,4-8,11H2,1H3. The van der Waals surface area contributed by atoms with Gasteiger partial charge >= 0.3 is 0 Å². The van der Waals surface area contributed by atoms with E-state index in [1.807, 2.05) is 29.2 Å². The highest BCUT2D eigenvalue weighted by atomic mass is 32.1. The molecule has 4 rings (SSSR count). The van der Waals surface area contributed by atoms with Gasteiger partial charge in [0, 0.05) is 30.5 Å². The Bertz CT molecular complexity index is 713. The molecule has 0 N–H and O–H groups in total. The molecule has 2 aliphatic heterocycles. The summed E-state index contributed by atoms with van der Waals surface area (Å²) in [4.78, 5) is 15.8. The Balaban J connectivity index is 1.43. The van der Waals surface area contributed by atoms with Crippen LogP contribution >= 0.6 is 11.3 Å². The van der Waals surface area contributed by atoms with E-state index in [-0.39, 0.29) is 11.5 Å². The van der Waals surface area contributed by atoms with Crippen LogP contribution in [0.5, 0.6) is 0 Å². The predicted octanol–water partition coefficient (Wildman–Crippen LogP) is 2.68. The minimum absolute atomic E-state index is 0.109. The van der Waals surface area contributed by atoms with E-state index in [1.165, 1.54) is 10.4 Å². The molecule has 2 aliphatic rings. The Hall–Kier alpha value is -1.66. The van der Waals surface area contributed by atoms with Gasteiger partial charge in [0.05, 0.1) is 24.3 Å². The van der Waals surface area contributed by atoms with Gasteiger partial charge in [-0.05, 0) is 36.8 Å². The minimum atomic E-state index is -0.173. The van der Waals surface area contributed by atoms with Gasteiger partial charge in [0.25, 0.3) is 0 Å². The van der Waals surface area contributed by atoms with Crippen LogP contribution in [0, 0.1) is 6.92 Å². The number of likely N-dealkylation sites (tertiary alicyclic amines) is 1. The first-order chi connectivity index (χ1) is 11.2. The van der Waals surface area contributed by atoms with E-state index in [0.29, 0.717) is 12.2 Å². The summed E-state index contributed by atoms with van der Waals surface area (Å²) in [5, 5.41) is 6.00. The molecule has 1 spiro atoms. The van der Waals surface area contributed by atoms with Gasteiger partial charge in [-0.25, -0.2) is 0 Å². The number of carbonyl (C=O) groups is 1. The van der Waals surface area contributed by atoms with Gasteiger partial charge in [0.1, 0.15) is 5.76 Å².